The number of rotatable bonds is 7. The van der Waals surface area contributed by atoms with Gasteiger partial charge in [0, 0.05) is 37.3 Å². The smallest absolute Gasteiger partial charge is 0.269 e. The van der Waals surface area contributed by atoms with Gasteiger partial charge in [-0.15, -0.1) is 0 Å². The maximum Gasteiger partial charge on any atom is 0.269 e. The first-order valence-corrected chi connectivity index (χ1v) is 8.66. The summed E-state index contributed by atoms with van der Waals surface area (Å²) in [6, 6.07) is 12.0. The molecule has 0 aliphatic carbocycles. The van der Waals surface area contributed by atoms with E-state index >= 15 is 0 Å². The van der Waals surface area contributed by atoms with Gasteiger partial charge in [0.2, 0.25) is 0 Å². The number of ether oxygens (including phenoxy) is 2. The van der Waals surface area contributed by atoms with E-state index in [0.717, 1.165) is 49.7 Å². The van der Waals surface area contributed by atoms with Gasteiger partial charge in [0.1, 0.15) is 5.75 Å². The molecule has 142 valence electrons. The third-order valence-electron chi connectivity index (χ3n) is 4.29. The Morgan fingerprint density at radius 1 is 1.26 bits per heavy atom. The van der Waals surface area contributed by atoms with Crippen LogP contribution in [0, 0.1) is 10.1 Å². The number of hydrogen-bond acceptors (Lipinski definition) is 7. The summed E-state index contributed by atoms with van der Waals surface area (Å²) >= 11 is 0. The van der Waals surface area contributed by atoms with Crippen molar-refractivity contribution in [3.63, 3.8) is 0 Å². The number of benzene rings is 2. The lowest BCUT2D eigenvalue weighted by molar-refractivity contribution is -0.384. The van der Waals surface area contributed by atoms with Crippen molar-refractivity contribution in [3.8, 4) is 5.75 Å². The summed E-state index contributed by atoms with van der Waals surface area (Å²) in [6.07, 6.45) is 1.71. The monoisotopic (exact) mass is 370 g/mol. The van der Waals surface area contributed by atoms with Crippen LogP contribution in [-0.4, -0.2) is 49.5 Å². The minimum atomic E-state index is -0.430. The molecular formula is C19H22N4O4. The number of hydrazone groups is 1. The number of nitro benzene ring substituents is 1. The lowest BCUT2D eigenvalue weighted by Crippen LogP contribution is -2.35. The second-order valence-electron chi connectivity index (χ2n) is 6.13. The summed E-state index contributed by atoms with van der Waals surface area (Å²) in [6.45, 7) is 4.11. The van der Waals surface area contributed by atoms with Crippen molar-refractivity contribution in [2.45, 2.75) is 6.54 Å². The molecule has 1 heterocycles. The third-order valence-corrected chi connectivity index (χ3v) is 4.29. The molecule has 1 aliphatic heterocycles. The van der Waals surface area contributed by atoms with Crippen LogP contribution in [0.2, 0.25) is 0 Å². The number of non-ortho nitro benzene ring substituents is 1. The number of hydrogen-bond donors (Lipinski definition) is 1. The minimum absolute atomic E-state index is 0.0486. The first-order chi connectivity index (χ1) is 13.2. The van der Waals surface area contributed by atoms with Crippen LogP contribution in [0.5, 0.6) is 5.75 Å². The second-order valence-corrected chi connectivity index (χ2v) is 6.13. The molecule has 0 atom stereocenters. The van der Waals surface area contributed by atoms with Crippen LogP contribution in [-0.2, 0) is 11.3 Å². The zero-order valence-corrected chi connectivity index (χ0v) is 15.1. The predicted octanol–water partition coefficient (Wildman–Crippen LogP) is 2.88. The highest BCUT2D eigenvalue weighted by atomic mass is 16.6. The predicted molar refractivity (Wildman–Crippen MR) is 103 cm³/mol. The SMILES string of the molecule is COc1ccc(/C=N\Nc2ccc([N+](=O)[O-])cc2)cc1CN1CCOCC1. The first-order valence-electron chi connectivity index (χ1n) is 8.66. The molecule has 1 aliphatic rings. The van der Waals surface area contributed by atoms with E-state index in [2.05, 4.69) is 21.5 Å². The molecule has 3 rings (SSSR count). The number of nitrogens with one attached hydrogen (secondary N) is 1. The molecule has 1 N–H and O–H groups in total. The van der Waals surface area contributed by atoms with Crippen molar-refractivity contribution in [3.05, 3.63) is 63.7 Å². The minimum Gasteiger partial charge on any atom is -0.496 e. The summed E-state index contributed by atoms with van der Waals surface area (Å²) in [5.41, 5.74) is 5.64. The third kappa shape index (κ3) is 5.25. The van der Waals surface area contributed by atoms with Gasteiger partial charge >= 0.3 is 0 Å². The molecule has 0 radical (unpaired) electrons. The fraction of sp³-hybridized carbons (Fsp3) is 0.316. The van der Waals surface area contributed by atoms with Crippen LogP contribution in [0.1, 0.15) is 11.1 Å². The Kier molecular flexibility index (Phi) is 6.35. The summed E-state index contributed by atoms with van der Waals surface area (Å²) in [7, 11) is 1.67. The van der Waals surface area contributed by atoms with Gasteiger partial charge < -0.3 is 9.47 Å². The number of methoxy groups -OCH3 is 1. The van der Waals surface area contributed by atoms with Gasteiger partial charge in [0.25, 0.3) is 5.69 Å². The van der Waals surface area contributed by atoms with E-state index in [0.29, 0.717) is 5.69 Å². The lowest BCUT2D eigenvalue weighted by Gasteiger charge is -2.27. The van der Waals surface area contributed by atoms with Crippen molar-refractivity contribution < 1.29 is 14.4 Å². The zero-order valence-electron chi connectivity index (χ0n) is 15.1. The largest absolute Gasteiger partial charge is 0.496 e. The van der Waals surface area contributed by atoms with E-state index in [1.165, 1.54) is 12.1 Å². The van der Waals surface area contributed by atoms with Crippen molar-refractivity contribution in [1.82, 2.24) is 4.90 Å². The molecule has 2 aromatic carbocycles. The Bertz CT molecular complexity index is 802. The van der Waals surface area contributed by atoms with Crippen molar-refractivity contribution in [2.24, 2.45) is 5.10 Å². The Morgan fingerprint density at radius 2 is 2.00 bits per heavy atom. The van der Waals surface area contributed by atoms with Gasteiger partial charge in [0.15, 0.2) is 0 Å². The van der Waals surface area contributed by atoms with E-state index < -0.39 is 4.92 Å². The summed E-state index contributed by atoms with van der Waals surface area (Å²) < 4.78 is 10.9. The van der Waals surface area contributed by atoms with Gasteiger partial charge in [-0.05, 0) is 35.9 Å². The molecule has 0 unspecified atom stereocenters. The van der Waals surface area contributed by atoms with Crippen LogP contribution in [0.4, 0.5) is 11.4 Å². The van der Waals surface area contributed by atoms with Crippen LogP contribution >= 0.6 is 0 Å². The van der Waals surface area contributed by atoms with Gasteiger partial charge in [-0.25, -0.2) is 0 Å². The van der Waals surface area contributed by atoms with E-state index in [1.807, 2.05) is 12.1 Å². The molecule has 8 heteroatoms. The van der Waals surface area contributed by atoms with Gasteiger partial charge in [-0.3, -0.25) is 20.4 Å². The van der Waals surface area contributed by atoms with Gasteiger partial charge in [-0.2, -0.15) is 5.10 Å². The Morgan fingerprint density at radius 3 is 2.67 bits per heavy atom. The topological polar surface area (TPSA) is 89.2 Å². The standard InChI is InChI=1S/C19H22N4O4/c1-26-19-7-2-15(12-16(19)14-22-8-10-27-11-9-22)13-20-21-17-3-5-18(6-4-17)23(24)25/h2-7,12-13,21H,8-11,14H2,1H3/b20-13-. The first kappa shape index (κ1) is 18.8. The molecule has 1 saturated heterocycles. The Hall–Kier alpha value is -2.97. The maximum atomic E-state index is 10.7. The fourth-order valence-corrected chi connectivity index (χ4v) is 2.84. The van der Waals surface area contributed by atoms with Crippen LogP contribution in [0.25, 0.3) is 0 Å². The molecule has 2 aromatic rings. The highest BCUT2D eigenvalue weighted by Gasteiger charge is 2.13. The van der Waals surface area contributed by atoms with Gasteiger partial charge in [-0.1, -0.05) is 0 Å². The van der Waals surface area contributed by atoms with E-state index in [1.54, 1.807) is 25.5 Å². The highest BCUT2D eigenvalue weighted by Crippen LogP contribution is 2.22. The maximum absolute atomic E-state index is 10.7. The number of nitro groups is 1. The average Bonchev–Trinajstić information content (AvgIpc) is 2.69. The zero-order chi connectivity index (χ0) is 19.1. The van der Waals surface area contributed by atoms with Gasteiger partial charge in [0.05, 0.1) is 37.1 Å². The number of morpholine rings is 1. The summed E-state index contributed by atoms with van der Waals surface area (Å²) in [4.78, 5) is 12.6. The molecule has 0 saturated carbocycles. The molecule has 0 bridgehead atoms. The normalized spacial score (nSPS) is 15.0. The molecular weight excluding hydrogens is 348 g/mol. The van der Waals surface area contributed by atoms with E-state index in [9.17, 15) is 10.1 Å². The Balaban J connectivity index is 1.65. The van der Waals surface area contributed by atoms with Crippen molar-refractivity contribution >= 4 is 17.6 Å². The lowest BCUT2D eigenvalue weighted by atomic mass is 10.1. The van der Waals surface area contributed by atoms with Crippen LogP contribution in [0.3, 0.4) is 0 Å². The van der Waals surface area contributed by atoms with Crippen molar-refractivity contribution in [1.29, 1.82) is 0 Å². The van der Waals surface area contributed by atoms with E-state index in [-0.39, 0.29) is 5.69 Å². The number of anilines is 1. The highest BCUT2D eigenvalue weighted by molar-refractivity contribution is 5.81. The molecule has 0 aromatic heterocycles. The Labute approximate surface area is 157 Å². The molecule has 0 spiro atoms. The summed E-state index contributed by atoms with van der Waals surface area (Å²) in [5, 5.41) is 14.9. The molecule has 27 heavy (non-hydrogen) atoms. The van der Waals surface area contributed by atoms with Crippen LogP contribution in [0.15, 0.2) is 47.6 Å². The van der Waals surface area contributed by atoms with Crippen molar-refractivity contribution in [2.75, 3.05) is 38.8 Å². The average molecular weight is 370 g/mol. The molecule has 0 amide bonds. The second kappa shape index (κ2) is 9.11. The number of nitrogens with zero attached hydrogens (tertiary/aromatic N) is 3. The molecule has 8 nitrogen and oxygen atoms in total. The van der Waals surface area contributed by atoms with E-state index in [4.69, 9.17) is 9.47 Å². The quantitative estimate of drug-likeness (QED) is 0.458. The van der Waals surface area contributed by atoms with Crippen LogP contribution < -0.4 is 10.2 Å². The summed E-state index contributed by atoms with van der Waals surface area (Å²) in [5.74, 6) is 0.849. The molecule has 1 fully saturated rings. The fourth-order valence-electron chi connectivity index (χ4n) is 2.84.